The summed E-state index contributed by atoms with van der Waals surface area (Å²) in [5.41, 5.74) is 4.92. The van der Waals surface area contributed by atoms with E-state index in [0.717, 1.165) is 4.47 Å². The van der Waals surface area contributed by atoms with E-state index < -0.39 is 0 Å². The largest absolute Gasteiger partial charge is 0.593 e. The summed E-state index contributed by atoms with van der Waals surface area (Å²) in [5, 5.41) is 11.5. The van der Waals surface area contributed by atoms with Gasteiger partial charge in [0.1, 0.15) is 0 Å². The first kappa shape index (κ1) is 17.7. The van der Waals surface area contributed by atoms with Crippen LogP contribution < -0.4 is 0 Å². The van der Waals surface area contributed by atoms with Gasteiger partial charge < -0.3 is 15.6 Å². The Labute approximate surface area is 143 Å². The van der Waals surface area contributed by atoms with Crippen LogP contribution in [0.1, 0.15) is 11.1 Å². The van der Waals surface area contributed by atoms with E-state index in [-0.39, 0.29) is 5.91 Å². The van der Waals surface area contributed by atoms with E-state index in [9.17, 15) is 4.79 Å². The van der Waals surface area contributed by atoms with Crippen LogP contribution in [0, 0.1) is 0 Å². The molecule has 0 spiro atoms. The van der Waals surface area contributed by atoms with Gasteiger partial charge in [-0.2, -0.15) is 0 Å². The minimum absolute atomic E-state index is 0.154. The van der Waals surface area contributed by atoms with Crippen LogP contribution in [0.5, 0.6) is 5.75 Å². The number of nitrogens with zero attached hydrogens (tertiary/aromatic N) is 2. The van der Waals surface area contributed by atoms with Crippen molar-refractivity contribution in [3.8, 4) is 5.75 Å². The predicted molar refractivity (Wildman–Crippen MR) is 86.5 cm³/mol. The van der Waals surface area contributed by atoms with Gasteiger partial charge in [-0.25, -0.2) is 0 Å². The second-order valence-electron chi connectivity index (χ2n) is 3.77. The molecule has 0 aliphatic heterocycles. The molecule has 2 aromatic carbocycles. The van der Waals surface area contributed by atoms with Gasteiger partial charge in [0.05, 0.1) is 11.1 Å². The predicted octanol–water partition coefficient (Wildman–Crippen LogP) is 3.83. The molecule has 2 rings (SSSR count). The van der Waals surface area contributed by atoms with E-state index in [4.69, 9.17) is 5.11 Å². The third-order valence-electron chi connectivity index (χ3n) is 2.39. The SMILES string of the molecule is [Cl][Mn+].[OH+]=C([N-]N=Cc1cc(Br)ccc1[OH2+])c1ccccc1. The summed E-state index contributed by atoms with van der Waals surface area (Å²) in [6.45, 7) is 0. The Morgan fingerprint density at radius 1 is 1.24 bits per heavy atom. The zero-order valence-electron chi connectivity index (χ0n) is 10.7. The maximum absolute atomic E-state index is 9.70. The molecule has 2 aromatic rings. The second kappa shape index (κ2) is 9.58. The van der Waals surface area contributed by atoms with Crippen molar-refractivity contribution in [1.29, 1.82) is 0 Å². The third kappa shape index (κ3) is 5.89. The Bertz CT molecular complexity index is 624. The molecule has 0 aliphatic carbocycles. The van der Waals surface area contributed by atoms with Crippen molar-refractivity contribution in [1.82, 2.24) is 0 Å². The molecule has 0 aromatic heterocycles. The van der Waals surface area contributed by atoms with E-state index in [1.54, 1.807) is 42.5 Å². The molecule has 1 amide bonds. The Morgan fingerprint density at radius 2 is 1.90 bits per heavy atom. The molecule has 0 fully saturated rings. The van der Waals surface area contributed by atoms with Crippen LogP contribution in [0.4, 0.5) is 0 Å². The van der Waals surface area contributed by atoms with Gasteiger partial charge in [-0.3, -0.25) is 4.79 Å². The van der Waals surface area contributed by atoms with Crippen molar-refractivity contribution >= 4 is 38.1 Å². The second-order valence-corrected chi connectivity index (χ2v) is 4.68. The van der Waals surface area contributed by atoms with Crippen molar-refractivity contribution in [3.05, 3.63) is 69.6 Å². The smallest absolute Gasteiger partial charge is 0.275 e. The van der Waals surface area contributed by atoms with Crippen molar-refractivity contribution < 1.29 is 25.0 Å². The van der Waals surface area contributed by atoms with Crippen molar-refractivity contribution in [2.45, 2.75) is 0 Å². The molecule has 0 bridgehead atoms. The van der Waals surface area contributed by atoms with Crippen LogP contribution in [0.25, 0.3) is 5.43 Å². The van der Waals surface area contributed by atoms with E-state index in [1.165, 1.54) is 6.21 Å². The van der Waals surface area contributed by atoms with Crippen molar-refractivity contribution in [2.24, 2.45) is 5.10 Å². The van der Waals surface area contributed by atoms with Crippen LogP contribution in [-0.2, 0) is 15.1 Å². The molecule has 0 atom stereocenters. The van der Waals surface area contributed by atoms with Gasteiger partial charge in [0.25, 0.3) is 11.7 Å². The first-order valence-corrected chi connectivity index (χ1v) is 8.09. The number of benzene rings is 2. The summed E-state index contributed by atoms with van der Waals surface area (Å²) < 4.78 is 0.862. The summed E-state index contributed by atoms with van der Waals surface area (Å²) in [6.07, 6.45) is 1.44. The molecule has 0 radical (unpaired) electrons. The molecule has 0 saturated carbocycles. The monoisotopic (exact) mass is 409 g/mol. The average molecular weight is 411 g/mol. The molecule has 0 saturated heterocycles. The van der Waals surface area contributed by atoms with E-state index in [2.05, 4.69) is 51.7 Å². The number of hydrogen-bond donors (Lipinski definition) is 0. The minimum atomic E-state index is -0.154. The molecule has 0 unspecified atom stereocenters. The van der Waals surface area contributed by atoms with Crippen molar-refractivity contribution in [3.63, 3.8) is 0 Å². The Morgan fingerprint density at radius 3 is 2.57 bits per heavy atom. The first-order valence-electron chi connectivity index (χ1n) is 5.67. The molecule has 0 heterocycles. The van der Waals surface area contributed by atoms with Crippen molar-refractivity contribution in [2.75, 3.05) is 0 Å². The Kier molecular flexibility index (Phi) is 8.08. The number of halogens is 2. The Hall–Kier alpha value is -1.33. The number of hydrogen-bond acceptors (Lipinski definition) is 1. The number of rotatable bonds is 3. The fraction of sp³-hybridized carbons (Fsp3) is 0. The van der Waals surface area contributed by atoms with E-state index >= 15 is 0 Å². The van der Waals surface area contributed by atoms with Gasteiger partial charge >= 0.3 is 25.2 Å². The molecule has 4 nitrogen and oxygen atoms in total. The first-order chi connectivity index (χ1) is 10.2. The standard InChI is InChI=1S/C14H11BrN2O2.ClH.Mn/c15-12-6-7-13(18)11(8-12)9-16-17-14(19)10-4-2-1-3-5-10;;/h1-9H,(H2,16,17,18,19);1H;/q;;+2. The quantitative estimate of drug-likeness (QED) is 0.319. The molecule has 0 aliphatic rings. The van der Waals surface area contributed by atoms with Crippen LogP contribution in [0.15, 0.2) is 58.1 Å². The van der Waals surface area contributed by atoms with Gasteiger partial charge in [0.15, 0.2) is 0 Å². The molecule has 109 valence electrons. The van der Waals surface area contributed by atoms with Crippen LogP contribution in [0.2, 0.25) is 0 Å². The van der Waals surface area contributed by atoms with E-state index in [0.29, 0.717) is 16.9 Å². The summed E-state index contributed by atoms with van der Waals surface area (Å²) in [6, 6.07) is 14.2. The van der Waals surface area contributed by atoms with Gasteiger partial charge in [0.2, 0.25) is 0 Å². The zero-order chi connectivity index (χ0) is 15.7. The maximum Gasteiger partial charge on any atom is 0.275 e. The fourth-order valence-corrected chi connectivity index (χ4v) is 1.81. The van der Waals surface area contributed by atoms with Gasteiger partial charge in [-0.05, 0) is 24.3 Å². The third-order valence-corrected chi connectivity index (χ3v) is 2.89. The van der Waals surface area contributed by atoms with E-state index in [1.807, 2.05) is 6.07 Å². The molecule has 3 N–H and O–H groups in total. The van der Waals surface area contributed by atoms with Gasteiger partial charge in [-0.15, -0.1) is 0 Å². The fourth-order valence-electron chi connectivity index (χ4n) is 1.43. The molecule has 21 heavy (non-hydrogen) atoms. The molecule has 7 heteroatoms. The Balaban J connectivity index is 0.00000106. The van der Waals surface area contributed by atoms with Gasteiger partial charge in [0, 0.05) is 16.8 Å². The number of carbonyl (C=O) groups excluding carboxylic acids is 1. The summed E-state index contributed by atoms with van der Waals surface area (Å²) in [7, 11) is 4.45. The topological polar surface area (TPSA) is 70.8 Å². The van der Waals surface area contributed by atoms with Gasteiger partial charge in [-0.1, -0.05) is 34.1 Å². The summed E-state index contributed by atoms with van der Waals surface area (Å²) in [4.78, 5) is 9.70. The summed E-state index contributed by atoms with van der Waals surface area (Å²) >= 11 is 5.73. The summed E-state index contributed by atoms with van der Waals surface area (Å²) in [5.74, 6) is 0.194. The maximum atomic E-state index is 9.70. The average Bonchev–Trinajstić information content (AvgIpc) is 2.53. The van der Waals surface area contributed by atoms with Crippen LogP contribution in [0.3, 0.4) is 0 Å². The minimum Gasteiger partial charge on any atom is -0.593 e. The zero-order valence-corrected chi connectivity index (χ0v) is 14.2. The van der Waals surface area contributed by atoms with Crippen LogP contribution >= 0.6 is 26.0 Å². The normalized spacial score (nSPS) is 9.81. The number of amides is 1. The van der Waals surface area contributed by atoms with Crippen LogP contribution in [-0.4, -0.2) is 22.0 Å². The molecular formula is C14H12BrClMnN2O2+2. The molecular weight excluding hydrogens is 398 g/mol.